The van der Waals surface area contributed by atoms with Crippen LogP contribution in [0.3, 0.4) is 0 Å². The second-order valence-corrected chi connectivity index (χ2v) is 8.44. The molecule has 0 fully saturated rings. The Balaban J connectivity index is 1.64. The van der Waals surface area contributed by atoms with Crippen molar-refractivity contribution in [2.24, 2.45) is 0 Å². The van der Waals surface area contributed by atoms with Crippen LogP contribution < -0.4 is 5.32 Å². The molecular formula is C21H20F3N5OS. The van der Waals surface area contributed by atoms with Crippen LogP contribution in [0, 0.1) is 13.8 Å². The van der Waals surface area contributed by atoms with E-state index in [1.165, 1.54) is 10.7 Å². The summed E-state index contributed by atoms with van der Waals surface area (Å²) >= 11 is 0.985. The van der Waals surface area contributed by atoms with Gasteiger partial charge in [0.2, 0.25) is 0 Å². The molecule has 0 aliphatic heterocycles. The van der Waals surface area contributed by atoms with Gasteiger partial charge in [-0.15, -0.1) is 11.3 Å². The highest BCUT2D eigenvalue weighted by Gasteiger charge is 2.38. The number of halogens is 3. The summed E-state index contributed by atoms with van der Waals surface area (Å²) in [4.78, 5) is 13.2. The molecule has 0 saturated heterocycles. The summed E-state index contributed by atoms with van der Waals surface area (Å²) in [5, 5.41) is 10.9. The van der Waals surface area contributed by atoms with E-state index in [4.69, 9.17) is 0 Å². The molecule has 0 aliphatic rings. The highest BCUT2D eigenvalue weighted by molar-refractivity contribution is 7.20. The van der Waals surface area contributed by atoms with Gasteiger partial charge in [0.25, 0.3) is 5.91 Å². The Kier molecular flexibility index (Phi) is 5.34. The van der Waals surface area contributed by atoms with E-state index in [2.05, 4.69) is 15.5 Å². The summed E-state index contributed by atoms with van der Waals surface area (Å²) in [6.07, 6.45) is -4.63. The number of rotatable bonds is 5. The Bertz CT molecular complexity index is 1240. The van der Waals surface area contributed by atoms with Gasteiger partial charge in [0.1, 0.15) is 4.83 Å². The quantitative estimate of drug-likeness (QED) is 0.481. The van der Waals surface area contributed by atoms with Crippen LogP contribution in [0.1, 0.15) is 33.7 Å². The van der Waals surface area contributed by atoms with Gasteiger partial charge in [-0.05, 0) is 45.0 Å². The fourth-order valence-electron chi connectivity index (χ4n) is 3.43. The number of carbonyl (C=O) groups is 1. The Hall–Kier alpha value is -3.14. The van der Waals surface area contributed by atoms with Gasteiger partial charge in [0.05, 0.1) is 22.8 Å². The number of aromatic nitrogens is 4. The van der Waals surface area contributed by atoms with E-state index in [1.54, 1.807) is 35.0 Å². The lowest BCUT2D eigenvalue weighted by atomic mass is 10.2. The van der Waals surface area contributed by atoms with E-state index in [0.29, 0.717) is 12.2 Å². The van der Waals surface area contributed by atoms with Crippen molar-refractivity contribution in [3.8, 4) is 5.69 Å². The number of hydrogen-bond acceptors (Lipinski definition) is 4. The van der Waals surface area contributed by atoms with Crippen molar-refractivity contribution >= 4 is 27.5 Å². The predicted molar refractivity (Wildman–Crippen MR) is 113 cm³/mol. The van der Waals surface area contributed by atoms with Gasteiger partial charge >= 0.3 is 6.18 Å². The lowest BCUT2D eigenvalue weighted by molar-refractivity contribution is -0.140. The largest absolute Gasteiger partial charge is 0.435 e. The normalized spacial score (nSPS) is 13.0. The Morgan fingerprint density at radius 1 is 1.16 bits per heavy atom. The minimum atomic E-state index is -4.63. The Morgan fingerprint density at radius 3 is 2.48 bits per heavy atom. The van der Waals surface area contributed by atoms with Crippen LogP contribution in [0.5, 0.6) is 0 Å². The van der Waals surface area contributed by atoms with Gasteiger partial charge in [0.15, 0.2) is 5.69 Å². The van der Waals surface area contributed by atoms with Gasteiger partial charge in [-0.1, -0.05) is 18.2 Å². The molecule has 0 spiro atoms. The van der Waals surface area contributed by atoms with E-state index in [9.17, 15) is 18.0 Å². The highest BCUT2D eigenvalue weighted by Crippen LogP contribution is 2.38. The molecule has 0 radical (unpaired) electrons. The van der Waals surface area contributed by atoms with E-state index < -0.39 is 17.8 Å². The molecule has 31 heavy (non-hydrogen) atoms. The van der Waals surface area contributed by atoms with Gasteiger partial charge in [-0.25, -0.2) is 4.68 Å². The molecule has 10 heteroatoms. The third-order valence-corrected chi connectivity index (χ3v) is 5.89. The van der Waals surface area contributed by atoms with Crippen LogP contribution in [-0.2, 0) is 12.7 Å². The van der Waals surface area contributed by atoms with Crippen molar-refractivity contribution in [1.29, 1.82) is 0 Å². The SMILES string of the molecule is Cc1cc(C)n(C[C@H](C)NC(=O)c2cc3c(C(F)(F)F)nn(-c4ccccc4)c3s2)n1. The van der Waals surface area contributed by atoms with Gasteiger partial charge in [-0.2, -0.15) is 23.4 Å². The summed E-state index contributed by atoms with van der Waals surface area (Å²) in [5.41, 5.74) is 1.34. The molecule has 0 aliphatic carbocycles. The van der Waals surface area contributed by atoms with Crippen molar-refractivity contribution in [1.82, 2.24) is 24.9 Å². The fraction of sp³-hybridized carbons (Fsp3) is 0.286. The molecule has 1 N–H and O–H groups in total. The predicted octanol–water partition coefficient (Wildman–Crippen LogP) is 4.74. The zero-order chi connectivity index (χ0) is 22.3. The fourth-order valence-corrected chi connectivity index (χ4v) is 4.47. The number of nitrogens with zero attached hydrogens (tertiary/aromatic N) is 4. The molecule has 6 nitrogen and oxygen atoms in total. The second kappa shape index (κ2) is 7.84. The summed E-state index contributed by atoms with van der Waals surface area (Å²) in [6, 6.07) is 11.5. The zero-order valence-electron chi connectivity index (χ0n) is 17.1. The second-order valence-electron chi connectivity index (χ2n) is 7.41. The number of thiophene rings is 1. The van der Waals surface area contributed by atoms with Crippen molar-refractivity contribution in [3.05, 3.63) is 64.4 Å². The van der Waals surface area contributed by atoms with E-state index in [-0.39, 0.29) is 21.1 Å². The summed E-state index contributed by atoms with van der Waals surface area (Å²) < 4.78 is 43.7. The first kappa shape index (κ1) is 21.1. The minimum absolute atomic E-state index is 0.0855. The van der Waals surface area contributed by atoms with Crippen molar-refractivity contribution in [3.63, 3.8) is 0 Å². The number of hydrogen-bond donors (Lipinski definition) is 1. The number of para-hydroxylation sites is 1. The smallest absolute Gasteiger partial charge is 0.347 e. The maximum atomic E-state index is 13.6. The number of carbonyl (C=O) groups excluding carboxylic acids is 1. The monoisotopic (exact) mass is 447 g/mol. The van der Waals surface area contributed by atoms with E-state index >= 15 is 0 Å². The van der Waals surface area contributed by atoms with E-state index in [1.807, 2.05) is 26.8 Å². The topological polar surface area (TPSA) is 64.7 Å². The molecule has 1 aromatic carbocycles. The number of aryl methyl sites for hydroxylation is 2. The first-order valence-electron chi connectivity index (χ1n) is 9.60. The average molecular weight is 447 g/mol. The van der Waals surface area contributed by atoms with Crippen LogP contribution in [0.2, 0.25) is 0 Å². The number of benzene rings is 1. The first-order valence-corrected chi connectivity index (χ1v) is 10.4. The van der Waals surface area contributed by atoms with Gasteiger partial charge < -0.3 is 5.32 Å². The lowest BCUT2D eigenvalue weighted by Gasteiger charge is -2.14. The summed E-state index contributed by atoms with van der Waals surface area (Å²) in [5.74, 6) is -0.428. The maximum Gasteiger partial charge on any atom is 0.435 e. The van der Waals surface area contributed by atoms with Crippen molar-refractivity contribution in [2.45, 2.75) is 39.5 Å². The standard InChI is InChI=1S/C21H20F3N5OS/c1-12-9-14(3)28(26-12)11-13(2)25-19(30)17-10-16-18(21(22,23)24)27-29(20(16)31-17)15-7-5-4-6-8-15/h4-10,13H,11H2,1-3H3,(H,25,30)/t13-/m0/s1. The number of fused-ring (bicyclic) bond motifs is 1. The maximum absolute atomic E-state index is 13.6. The highest BCUT2D eigenvalue weighted by atomic mass is 32.1. The van der Waals surface area contributed by atoms with Crippen molar-refractivity contribution < 1.29 is 18.0 Å². The van der Waals surface area contributed by atoms with Crippen LogP contribution in [-0.4, -0.2) is 31.5 Å². The Morgan fingerprint density at radius 2 is 1.87 bits per heavy atom. The third-order valence-electron chi connectivity index (χ3n) is 4.78. The third kappa shape index (κ3) is 4.20. The van der Waals surface area contributed by atoms with Gasteiger partial charge in [0, 0.05) is 17.1 Å². The molecule has 1 amide bonds. The zero-order valence-corrected chi connectivity index (χ0v) is 17.9. The summed E-state index contributed by atoms with van der Waals surface area (Å²) in [7, 11) is 0. The Labute approximate surface area is 180 Å². The summed E-state index contributed by atoms with van der Waals surface area (Å²) in [6.45, 7) is 6.10. The molecule has 0 unspecified atom stereocenters. The van der Waals surface area contributed by atoms with Crippen LogP contribution in [0.15, 0.2) is 42.5 Å². The molecular weight excluding hydrogens is 427 g/mol. The number of amides is 1. The molecule has 1 atom stereocenters. The minimum Gasteiger partial charge on any atom is -0.347 e. The molecule has 0 bridgehead atoms. The molecule has 162 valence electrons. The van der Waals surface area contributed by atoms with Crippen molar-refractivity contribution in [2.75, 3.05) is 0 Å². The average Bonchev–Trinajstić information content (AvgIpc) is 3.35. The number of alkyl halides is 3. The van der Waals surface area contributed by atoms with E-state index in [0.717, 1.165) is 22.7 Å². The molecule has 3 aromatic heterocycles. The van der Waals surface area contributed by atoms with Crippen LogP contribution >= 0.6 is 11.3 Å². The molecule has 4 rings (SSSR count). The number of nitrogens with one attached hydrogen (secondary N) is 1. The molecule has 0 saturated carbocycles. The van der Waals surface area contributed by atoms with Crippen LogP contribution in [0.4, 0.5) is 13.2 Å². The lowest BCUT2D eigenvalue weighted by Crippen LogP contribution is -2.35. The molecule has 4 aromatic rings. The van der Waals surface area contributed by atoms with Crippen LogP contribution in [0.25, 0.3) is 15.9 Å². The molecule has 3 heterocycles. The van der Waals surface area contributed by atoms with Gasteiger partial charge in [-0.3, -0.25) is 9.48 Å². The first-order chi connectivity index (χ1) is 14.6.